The Morgan fingerprint density at radius 2 is 2.16 bits per heavy atom. The van der Waals surface area contributed by atoms with E-state index in [1.165, 1.54) is 25.7 Å². The molecule has 1 aliphatic carbocycles. The fourth-order valence-corrected chi connectivity index (χ4v) is 2.93. The molecule has 1 saturated carbocycles. The molecule has 0 amide bonds. The molecular weight excluding hydrogens is 240 g/mol. The van der Waals surface area contributed by atoms with Gasteiger partial charge in [-0.3, -0.25) is 4.90 Å². The van der Waals surface area contributed by atoms with Crippen LogP contribution in [-0.4, -0.2) is 60.5 Å². The zero-order chi connectivity index (χ0) is 13.7. The van der Waals surface area contributed by atoms with E-state index in [1.807, 2.05) is 0 Å². The van der Waals surface area contributed by atoms with Crippen molar-refractivity contribution in [1.82, 2.24) is 10.2 Å². The maximum atomic E-state index is 9.68. The van der Waals surface area contributed by atoms with Gasteiger partial charge >= 0.3 is 0 Å². The van der Waals surface area contributed by atoms with Crippen molar-refractivity contribution in [1.29, 1.82) is 0 Å². The molecule has 0 aromatic heterocycles. The van der Waals surface area contributed by atoms with Crippen LogP contribution in [0.2, 0.25) is 0 Å². The molecule has 0 radical (unpaired) electrons. The van der Waals surface area contributed by atoms with Crippen LogP contribution in [-0.2, 0) is 4.74 Å². The highest BCUT2D eigenvalue weighted by molar-refractivity contribution is 4.95. The molecule has 2 unspecified atom stereocenters. The molecule has 2 aliphatic rings. The van der Waals surface area contributed by atoms with Crippen LogP contribution in [0.25, 0.3) is 0 Å². The number of ether oxygens (including phenoxy) is 1. The summed E-state index contributed by atoms with van der Waals surface area (Å²) in [5, 5.41) is 13.3. The molecule has 1 saturated heterocycles. The molecular formula is C15H30N2O2. The van der Waals surface area contributed by atoms with Crippen LogP contribution in [0.4, 0.5) is 0 Å². The topological polar surface area (TPSA) is 44.7 Å². The Hall–Kier alpha value is -0.160. The van der Waals surface area contributed by atoms with Crippen molar-refractivity contribution in [3.8, 4) is 0 Å². The third kappa shape index (κ3) is 5.03. The zero-order valence-electron chi connectivity index (χ0n) is 12.5. The highest BCUT2D eigenvalue weighted by atomic mass is 16.5. The smallest absolute Gasteiger partial charge is 0.0702 e. The molecule has 0 bridgehead atoms. The predicted octanol–water partition coefficient (Wildman–Crippen LogP) is 1.38. The Labute approximate surface area is 117 Å². The van der Waals surface area contributed by atoms with Crippen molar-refractivity contribution in [3.05, 3.63) is 0 Å². The summed E-state index contributed by atoms with van der Waals surface area (Å²) in [6.45, 7) is 8.45. The van der Waals surface area contributed by atoms with Gasteiger partial charge < -0.3 is 15.2 Å². The Bertz CT molecular complexity index is 271. The second-order valence-electron chi connectivity index (χ2n) is 6.51. The van der Waals surface area contributed by atoms with E-state index in [-0.39, 0.29) is 12.1 Å². The number of aliphatic hydroxyl groups is 1. The normalized spacial score (nSPS) is 28.3. The van der Waals surface area contributed by atoms with Crippen molar-refractivity contribution < 1.29 is 9.84 Å². The minimum absolute atomic E-state index is 0.159. The van der Waals surface area contributed by atoms with E-state index in [9.17, 15) is 5.11 Å². The maximum Gasteiger partial charge on any atom is 0.0702 e. The van der Waals surface area contributed by atoms with Crippen molar-refractivity contribution in [2.45, 2.75) is 63.6 Å². The molecule has 0 aromatic rings. The van der Waals surface area contributed by atoms with Gasteiger partial charge in [-0.05, 0) is 45.6 Å². The lowest BCUT2D eigenvalue weighted by atomic mass is 10.00. The average molecular weight is 270 g/mol. The van der Waals surface area contributed by atoms with Gasteiger partial charge in [0.15, 0.2) is 0 Å². The Balaban J connectivity index is 1.79. The average Bonchev–Trinajstić information content (AvgIpc) is 3.20. The van der Waals surface area contributed by atoms with Gasteiger partial charge in [-0.1, -0.05) is 6.92 Å². The van der Waals surface area contributed by atoms with E-state index >= 15 is 0 Å². The molecule has 19 heavy (non-hydrogen) atoms. The fraction of sp³-hybridized carbons (Fsp3) is 1.00. The van der Waals surface area contributed by atoms with E-state index < -0.39 is 0 Å². The molecule has 2 atom stereocenters. The molecule has 4 nitrogen and oxygen atoms in total. The van der Waals surface area contributed by atoms with Gasteiger partial charge in [0, 0.05) is 25.7 Å². The lowest BCUT2D eigenvalue weighted by Crippen LogP contribution is -2.56. The number of aliphatic hydroxyl groups excluding tert-OH is 1. The van der Waals surface area contributed by atoms with Gasteiger partial charge in [0.05, 0.1) is 18.2 Å². The molecule has 4 heteroatoms. The van der Waals surface area contributed by atoms with E-state index in [0.29, 0.717) is 12.1 Å². The molecule has 2 fully saturated rings. The van der Waals surface area contributed by atoms with Crippen molar-refractivity contribution in [2.24, 2.45) is 0 Å². The number of nitrogens with one attached hydrogen (secondary N) is 1. The van der Waals surface area contributed by atoms with E-state index in [0.717, 1.165) is 32.7 Å². The van der Waals surface area contributed by atoms with Gasteiger partial charge in [0.2, 0.25) is 0 Å². The number of nitrogens with zero attached hydrogens (tertiary/aromatic N) is 1. The largest absolute Gasteiger partial charge is 0.394 e. The molecule has 1 aliphatic heterocycles. The lowest BCUT2D eigenvalue weighted by Gasteiger charge is -2.39. The Morgan fingerprint density at radius 3 is 2.79 bits per heavy atom. The van der Waals surface area contributed by atoms with Gasteiger partial charge in [-0.15, -0.1) is 0 Å². The minimum atomic E-state index is -0.159. The first kappa shape index (κ1) is 15.2. The first-order valence-corrected chi connectivity index (χ1v) is 7.88. The summed E-state index contributed by atoms with van der Waals surface area (Å²) in [6, 6.07) is 0.633. The highest BCUT2D eigenvalue weighted by Crippen LogP contribution is 2.24. The van der Waals surface area contributed by atoms with E-state index in [4.69, 9.17) is 4.74 Å². The summed E-state index contributed by atoms with van der Waals surface area (Å²) in [5.41, 5.74) is -0.159. The van der Waals surface area contributed by atoms with Crippen LogP contribution in [0.5, 0.6) is 0 Å². The summed E-state index contributed by atoms with van der Waals surface area (Å²) in [5.74, 6) is 0. The lowest BCUT2D eigenvalue weighted by molar-refractivity contribution is -0.0105. The summed E-state index contributed by atoms with van der Waals surface area (Å²) < 4.78 is 5.88. The van der Waals surface area contributed by atoms with Crippen molar-refractivity contribution in [2.75, 3.05) is 32.8 Å². The molecule has 1 heterocycles. The maximum absolute atomic E-state index is 9.68. The third-order valence-corrected chi connectivity index (χ3v) is 4.07. The zero-order valence-corrected chi connectivity index (χ0v) is 12.5. The Kier molecular flexibility index (Phi) is 5.63. The number of likely N-dealkylation sites (tertiary alicyclic amines) is 1. The van der Waals surface area contributed by atoms with Crippen LogP contribution in [0, 0.1) is 0 Å². The van der Waals surface area contributed by atoms with Crippen LogP contribution < -0.4 is 5.32 Å². The quantitative estimate of drug-likeness (QED) is 0.699. The first-order valence-electron chi connectivity index (χ1n) is 7.88. The number of rotatable bonds is 8. The fourth-order valence-electron chi connectivity index (χ4n) is 2.93. The number of piperidine rings is 1. The second-order valence-corrected chi connectivity index (χ2v) is 6.51. The molecule has 0 aromatic carbocycles. The second kappa shape index (κ2) is 7.02. The van der Waals surface area contributed by atoms with Crippen molar-refractivity contribution in [3.63, 3.8) is 0 Å². The monoisotopic (exact) mass is 270 g/mol. The molecule has 0 spiro atoms. The standard InChI is InChI=1S/C15H30N2O2/c1-3-9-19-14-5-4-8-17(10-14)11-15(2,12-18)16-13-6-7-13/h13-14,16,18H,3-12H2,1-2H3. The summed E-state index contributed by atoms with van der Waals surface area (Å²) >= 11 is 0. The van der Waals surface area contributed by atoms with Crippen LogP contribution in [0.1, 0.15) is 46.0 Å². The van der Waals surface area contributed by atoms with Crippen LogP contribution >= 0.6 is 0 Å². The van der Waals surface area contributed by atoms with Gasteiger partial charge in [0.1, 0.15) is 0 Å². The van der Waals surface area contributed by atoms with Gasteiger partial charge in [-0.25, -0.2) is 0 Å². The summed E-state index contributed by atoms with van der Waals surface area (Å²) in [6.07, 6.45) is 6.39. The van der Waals surface area contributed by atoms with E-state index in [1.54, 1.807) is 0 Å². The van der Waals surface area contributed by atoms with Crippen LogP contribution in [0.3, 0.4) is 0 Å². The SMILES string of the molecule is CCCOC1CCCN(CC(C)(CO)NC2CC2)C1. The number of hydrogen-bond donors (Lipinski definition) is 2. The molecule has 2 rings (SSSR count). The van der Waals surface area contributed by atoms with Gasteiger partial charge in [-0.2, -0.15) is 0 Å². The predicted molar refractivity (Wildman–Crippen MR) is 77.4 cm³/mol. The summed E-state index contributed by atoms with van der Waals surface area (Å²) in [7, 11) is 0. The molecule has 112 valence electrons. The highest BCUT2D eigenvalue weighted by Gasteiger charge is 2.34. The molecule has 2 N–H and O–H groups in total. The number of hydrogen-bond acceptors (Lipinski definition) is 4. The first-order chi connectivity index (χ1) is 9.15. The van der Waals surface area contributed by atoms with Crippen molar-refractivity contribution >= 4 is 0 Å². The Morgan fingerprint density at radius 1 is 1.37 bits per heavy atom. The minimum Gasteiger partial charge on any atom is -0.394 e. The third-order valence-electron chi connectivity index (χ3n) is 4.07. The van der Waals surface area contributed by atoms with Gasteiger partial charge in [0.25, 0.3) is 0 Å². The van der Waals surface area contributed by atoms with Crippen LogP contribution in [0.15, 0.2) is 0 Å². The van der Waals surface area contributed by atoms with E-state index in [2.05, 4.69) is 24.1 Å². The summed E-state index contributed by atoms with van der Waals surface area (Å²) in [4.78, 5) is 2.45.